The van der Waals surface area contributed by atoms with Crippen molar-refractivity contribution < 1.29 is 9.53 Å². The van der Waals surface area contributed by atoms with E-state index in [2.05, 4.69) is 22.2 Å². The van der Waals surface area contributed by atoms with Crippen molar-refractivity contribution in [3.63, 3.8) is 0 Å². The molecule has 88 valence electrons. The molecule has 0 spiro atoms. The van der Waals surface area contributed by atoms with E-state index in [0.717, 1.165) is 19.4 Å². The van der Waals surface area contributed by atoms with Gasteiger partial charge >= 0.3 is 5.97 Å². The van der Waals surface area contributed by atoms with Crippen LogP contribution in [0.25, 0.3) is 0 Å². The molecule has 0 aromatic carbocycles. The number of aryl methyl sites for hydroxylation is 1. The summed E-state index contributed by atoms with van der Waals surface area (Å²) < 4.78 is 4.71. The van der Waals surface area contributed by atoms with Gasteiger partial charge in [-0.1, -0.05) is 13.3 Å². The van der Waals surface area contributed by atoms with Crippen molar-refractivity contribution in [3.05, 3.63) is 17.6 Å². The Morgan fingerprint density at radius 3 is 2.88 bits per heavy atom. The number of unbranched alkanes of at least 4 members (excludes halogenated alkanes) is 1. The number of hydrogen-bond acceptors (Lipinski definition) is 5. The first-order valence-electron chi connectivity index (χ1n) is 5.34. The fourth-order valence-corrected chi connectivity index (χ4v) is 1.34. The van der Waals surface area contributed by atoms with Crippen LogP contribution in [0.3, 0.4) is 0 Å². The molecular weight excluding hydrogens is 206 g/mol. The maximum absolute atomic E-state index is 11.5. The summed E-state index contributed by atoms with van der Waals surface area (Å²) in [5.41, 5.74) is 1.04. The van der Waals surface area contributed by atoms with Gasteiger partial charge < -0.3 is 10.1 Å². The molecular formula is C11H17N3O2. The van der Waals surface area contributed by atoms with Crippen LogP contribution in [0.4, 0.5) is 5.82 Å². The highest BCUT2D eigenvalue weighted by molar-refractivity contribution is 5.95. The van der Waals surface area contributed by atoms with Crippen LogP contribution < -0.4 is 5.32 Å². The number of aromatic nitrogens is 2. The molecule has 0 saturated carbocycles. The minimum absolute atomic E-state index is 0.405. The van der Waals surface area contributed by atoms with Crippen molar-refractivity contribution >= 4 is 11.8 Å². The predicted octanol–water partition coefficient (Wildman–Crippen LogP) is 1.78. The summed E-state index contributed by atoms with van der Waals surface area (Å²) in [6.45, 7) is 4.66. The molecule has 1 heterocycles. The SMILES string of the molecule is CCCCNc1ncnc(C)c1C(=O)OC. The molecule has 16 heavy (non-hydrogen) atoms. The minimum Gasteiger partial charge on any atom is -0.465 e. The van der Waals surface area contributed by atoms with Gasteiger partial charge in [0.25, 0.3) is 0 Å². The summed E-state index contributed by atoms with van der Waals surface area (Å²) in [7, 11) is 1.35. The number of anilines is 1. The Labute approximate surface area is 95.3 Å². The Balaban J connectivity index is 2.89. The van der Waals surface area contributed by atoms with E-state index in [1.54, 1.807) is 6.92 Å². The third kappa shape index (κ3) is 2.92. The highest BCUT2D eigenvalue weighted by Crippen LogP contribution is 2.15. The molecule has 0 bridgehead atoms. The van der Waals surface area contributed by atoms with E-state index in [-0.39, 0.29) is 0 Å². The molecule has 0 amide bonds. The molecule has 0 fully saturated rings. The lowest BCUT2D eigenvalue weighted by Gasteiger charge is -2.10. The number of carbonyl (C=O) groups excluding carboxylic acids is 1. The van der Waals surface area contributed by atoms with Crippen LogP contribution in [0, 0.1) is 6.92 Å². The van der Waals surface area contributed by atoms with Crippen LogP contribution in [0.15, 0.2) is 6.33 Å². The first kappa shape index (κ1) is 12.4. The monoisotopic (exact) mass is 223 g/mol. The lowest BCUT2D eigenvalue weighted by Crippen LogP contribution is -2.13. The van der Waals surface area contributed by atoms with Gasteiger partial charge in [0.15, 0.2) is 0 Å². The number of methoxy groups -OCH3 is 1. The van der Waals surface area contributed by atoms with Crippen LogP contribution in [-0.2, 0) is 4.74 Å². The van der Waals surface area contributed by atoms with Crippen molar-refractivity contribution in [2.45, 2.75) is 26.7 Å². The van der Waals surface area contributed by atoms with E-state index in [9.17, 15) is 4.79 Å². The Morgan fingerprint density at radius 1 is 1.50 bits per heavy atom. The average molecular weight is 223 g/mol. The second kappa shape index (κ2) is 6.05. The van der Waals surface area contributed by atoms with Gasteiger partial charge in [-0.2, -0.15) is 0 Å². The molecule has 1 aromatic rings. The zero-order valence-electron chi connectivity index (χ0n) is 9.91. The van der Waals surface area contributed by atoms with E-state index < -0.39 is 5.97 Å². The standard InChI is InChI=1S/C11H17N3O2/c1-4-5-6-12-10-9(11(15)16-3)8(2)13-7-14-10/h7H,4-6H2,1-3H3,(H,12,13,14). The molecule has 0 saturated heterocycles. The highest BCUT2D eigenvalue weighted by atomic mass is 16.5. The number of nitrogens with zero attached hydrogens (tertiary/aromatic N) is 2. The Morgan fingerprint density at radius 2 is 2.25 bits per heavy atom. The van der Waals surface area contributed by atoms with E-state index in [1.807, 2.05) is 0 Å². The molecule has 5 nitrogen and oxygen atoms in total. The summed E-state index contributed by atoms with van der Waals surface area (Å²) in [4.78, 5) is 19.6. The molecule has 1 aromatic heterocycles. The molecule has 0 unspecified atom stereocenters. The molecule has 5 heteroatoms. The number of carbonyl (C=O) groups is 1. The van der Waals surface area contributed by atoms with E-state index in [1.165, 1.54) is 13.4 Å². The van der Waals surface area contributed by atoms with Gasteiger partial charge in [-0.25, -0.2) is 14.8 Å². The van der Waals surface area contributed by atoms with E-state index in [4.69, 9.17) is 4.74 Å². The summed E-state index contributed by atoms with van der Waals surface area (Å²) >= 11 is 0. The Kier molecular flexibility index (Phi) is 4.69. The third-order valence-corrected chi connectivity index (χ3v) is 2.25. The van der Waals surface area contributed by atoms with Crippen molar-refractivity contribution in [1.29, 1.82) is 0 Å². The van der Waals surface area contributed by atoms with Crippen molar-refractivity contribution in [2.75, 3.05) is 19.0 Å². The van der Waals surface area contributed by atoms with Crippen LogP contribution in [-0.4, -0.2) is 29.6 Å². The number of ether oxygens (including phenoxy) is 1. The molecule has 1 rings (SSSR count). The fraction of sp³-hybridized carbons (Fsp3) is 0.545. The lowest BCUT2D eigenvalue weighted by molar-refractivity contribution is 0.0600. The minimum atomic E-state index is -0.405. The maximum Gasteiger partial charge on any atom is 0.343 e. The topological polar surface area (TPSA) is 64.1 Å². The summed E-state index contributed by atoms with van der Waals surface area (Å²) in [5, 5.41) is 3.12. The van der Waals surface area contributed by atoms with Crippen LogP contribution in [0.2, 0.25) is 0 Å². The first-order chi connectivity index (χ1) is 7.70. The van der Waals surface area contributed by atoms with Crippen molar-refractivity contribution in [2.24, 2.45) is 0 Å². The highest BCUT2D eigenvalue weighted by Gasteiger charge is 2.16. The lowest BCUT2D eigenvalue weighted by atomic mass is 10.2. The zero-order chi connectivity index (χ0) is 12.0. The molecule has 0 radical (unpaired) electrons. The summed E-state index contributed by atoms with van der Waals surface area (Å²) in [6.07, 6.45) is 3.56. The van der Waals surface area contributed by atoms with Crippen molar-refractivity contribution in [3.8, 4) is 0 Å². The molecule has 0 aliphatic carbocycles. The Bertz CT molecular complexity index is 366. The van der Waals surface area contributed by atoms with E-state index >= 15 is 0 Å². The fourth-order valence-electron chi connectivity index (χ4n) is 1.34. The molecule has 0 atom stereocenters. The second-order valence-electron chi connectivity index (χ2n) is 3.45. The van der Waals surface area contributed by atoms with Crippen molar-refractivity contribution in [1.82, 2.24) is 9.97 Å². The third-order valence-electron chi connectivity index (χ3n) is 2.25. The largest absolute Gasteiger partial charge is 0.465 e. The number of nitrogens with one attached hydrogen (secondary N) is 1. The van der Waals surface area contributed by atoms with Gasteiger partial charge in [0.2, 0.25) is 0 Å². The second-order valence-corrected chi connectivity index (χ2v) is 3.45. The summed E-state index contributed by atoms with van der Waals surface area (Å²) in [6, 6.07) is 0. The van der Waals surface area contributed by atoms with Gasteiger partial charge in [-0.15, -0.1) is 0 Å². The molecule has 0 aliphatic heterocycles. The average Bonchev–Trinajstić information content (AvgIpc) is 2.29. The van der Waals surface area contributed by atoms with Gasteiger partial charge in [-0.3, -0.25) is 0 Å². The normalized spacial score (nSPS) is 9.94. The first-order valence-corrected chi connectivity index (χ1v) is 5.34. The smallest absolute Gasteiger partial charge is 0.343 e. The number of hydrogen-bond donors (Lipinski definition) is 1. The van der Waals surface area contributed by atoms with Crippen LogP contribution in [0.5, 0.6) is 0 Å². The number of rotatable bonds is 5. The zero-order valence-corrected chi connectivity index (χ0v) is 9.91. The van der Waals surface area contributed by atoms with Gasteiger partial charge in [-0.05, 0) is 13.3 Å². The number of esters is 1. The van der Waals surface area contributed by atoms with Crippen LogP contribution >= 0.6 is 0 Å². The van der Waals surface area contributed by atoms with Crippen LogP contribution in [0.1, 0.15) is 35.8 Å². The van der Waals surface area contributed by atoms with E-state index in [0.29, 0.717) is 17.1 Å². The van der Waals surface area contributed by atoms with Gasteiger partial charge in [0.05, 0.1) is 12.8 Å². The quantitative estimate of drug-likeness (QED) is 0.609. The van der Waals surface area contributed by atoms with Gasteiger partial charge in [0, 0.05) is 6.54 Å². The Hall–Kier alpha value is -1.65. The van der Waals surface area contributed by atoms with Gasteiger partial charge in [0.1, 0.15) is 17.7 Å². The predicted molar refractivity (Wildman–Crippen MR) is 61.5 cm³/mol. The molecule has 1 N–H and O–H groups in total. The molecule has 0 aliphatic rings. The summed E-state index contributed by atoms with van der Waals surface area (Å²) in [5.74, 6) is 0.143. The maximum atomic E-state index is 11.5.